The van der Waals surface area contributed by atoms with Crippen LogP contribution >= 0.6 is 24.8 Å². The van der Waals surface area contributed by atoms with E-state index in [1.165, 1.54) is 4.90 Å². The number of hydrogen-bond acceptors (Lipinski definition) is 7. The van der Waals surface area contributed by atoms with Gasteiger partial charge in [0.25, 0.3) is 0 Å². The third-order valence-corrected chi connectivity index (χ3v) is 10.4. The van der Waals surface area contributed by atoms with Crippen molar-refractivity contribution >= 4 is 48.6 Å². The van der Waals surface area contributed by atoms with Crippen LogP contribution in [0.5, 0.6) is 11.5 Å². The standard InChI is InChI=1S/2C24H40N2O3.2ClH/c2*1-16(2)20-10-9-11-21(17(3)4)24(20)29-23(28)13-12-22(27)25-14-15-26(18(5)6)19(7)8;;/h2*9-11,16-19H,12-15H2,1-8H3,(H,25,27);2*1H/p+1. The number of quaternary nitrogens is 1. The number of hydrogen-bond donors (Lipinski definition) is 3. The van der Waals surface area contributed by atoms with Gasteiger partial charge in [0.05, 0.1) is 38.0 Å². The van der Waals surface area contributed by atoms with Crippen LogP contribution in [0.25, 0.3) is 0 Å². The molecule has 12 heteroatoms. The Morgan fingerprint density at radius 2 is 0.833 bits per heavy atom. The van der Waals surface area contributed by atoms with Crippen LogP contribution in [0, 0.1) is 0 Å². The number of carbonyl (C=O) groups excluding carboxylic acids is 4. The molecule has 3 N–H and O–H groups in total. The zero-order chi connectivity index (χ0) is 44.3. The van der Waals surface area contributed by atoms with Gasteiger partial charge in [0, 0.05) is 38.0 Å². The lowest BCUT2D eigenvalue weighted by Gasteiger charge is -2.30. The van der Waals surface area contributed by atoms with Gasteiger partial charge < -0.3 is 25.0 Å². The second-order valence-electron chi connectivity index (χ2n) is 17.9. The van der Waals surface area contributed by atoms with E-state index in [0.717, 1.165) is 35.3 Å². The van der Waals surface area contributed by atoms with E-state index in [1.54, 1.807) is 0 Å². The first-order valence-electron chi connectivity index (χ1n) is 21.9. The van der Waals surface area contributed by atoms with Gasteiger partial charge in [-0.05, 0) is 101 Å². The van der Waals surface area contributed by atoms with Crippen molar-refractivity contribution in [1.29, 1.82) is 0 Å². The van der Waals surface area contributed by atoms with E-state index >= 15 is 0 Å². The number of halogens is 2. The van der Waals surface area contributed by atoms with Gasteiger partial charge in [-0.25, -0.2) is 0 Å². The number of esters is 2. The topological polar surface area (TPSA) is 118 Å². The first kappa shape index (κ1) is 58.9. The molecule has 2 rings (SSSR count). The minimum atomic E-state index is -0.360. The molecule has 0 aromatic heterocycles. The molecule has 0 aliphatic heterocycles. The van der Waals surface area contributed by atoms with Crippen molar-refractivity contribution in [2.75, 3.05) is 26.2 Å². The van der Waals surface area contributed by atoms with Gasteiger partial charge in [0.15, 0.2) is 0 Å². The normalized spacial score (nSPS) is 11.4. The van der Waals surface area contributed by atoms with Gasteiger partial charge in [0.1, 0.15) is 11.5 Å². The summed E-state index contributed by atoms with van der Waals surface area (Å²) in [7, 11) is 0. The molecule has 0 heterocycles. The number of nitrogens with one attached hydrogen (secondary N) is 3. The fourth-order valence-corrected chi connectivity index (χ4v) is 7.17. The summed E-state index contributed by atoms with van der Waals surface area (Å²) in [6, 6.07) is 13.9. The van der Waals surface area contributed by atoms with Crippen molar-refractivity contribution in [1.82, 2.24) is 15.5 Å². The Bertz CT molecular complexity index is 1390. The summed E-state index contributed by atoms with van der Waals surface area (Å²) < 4.78 is 11.5. The summed E-state index contributed by atoms with van der Waals surface area (Å²) >= 11 is 0. The lowest BCUT2D eigenvalue weighted by atomic mass is 9.94. The van der Waals surface area contributed by atoms with E-state index in [-0.39, 0.29) is 97.9 Å². The summed E-state index contributed by atoms with van der Waals surface area (Å²) in [5.41, 5.74) is 4.10. The Balaban J connectivity index is 0. The van der Waals surface area contributed by atoms with E-state index < -0.39 is 0 Å². The molecule has 0 saturated carbocycles. The highest BCUT2D eigenvalue weighted by Gasteiger charge is 2.21. The lowest BCUT2D eigenvalue weighted by Crippen LogP contribution is -3.18. The molecule has 2 aromatic carbocycles. The van der Waals surface area contributed by atoms with Crippen LogP contribution in [-0.2, 0) is 19.2 Å². The predicted molar refractivity (Wildman–Crippen MR) is 253 cm³/mol. The summed E-state index contributed by atoms with van der Waals surface area (Å²) in [5.74, 6) is 1.41. The average molecular weight is 883 g/mol. The Hall–Kier alpha value is -3.18. The summed E-state index contributed by atoms with van der Waals surface area (Å²) in [6.07, 6.45) is 0.454. The Morgan fingerprint density at radius 3 is 1.12 bits per heavy atom. The second kappa shape index (κ2) is 30.0. The molecule has 10 nitrogen and oxygen atoms in total. The monoisotopic (exact) mass is 882 g/mol. The molecule has 0 radical (unpaired) electrons. The molecule has 2 aromatic rings. The van der Waals surface area contributed by atoms with E-state index in [4.69, 9.17) is 9.47 Å². The minimum absolute atomic E-state index is 0. The van der Waals surface area contributed by atoms with Crippen LogP contribution in [0.4, 0.5) is 0 Å². The maximum absolute atomic E-state index is 12.4. The van der Waals surface area contributed by atoms with Crippen molar-refractivity contribution in [3.63, 3.8) is 0 Å². The maximum Gasteiger partial charge on any atom is 0.311 e. The SMILES string of the molecule is CC(C)c1cccc(C(C)C)c1OC(=O)CCC(=O)NCCN(C(C)C)C(C)C.CC(C)c1cccc(C(C)C)c1OC(=O)CCC(=O)NCC[NH+](C(C)C)C(C)C.Cl.Cl. The molecule has 0 bridgehead atoms. The number of rotatable bonds is 22. The number of benzene rings is 2. The molecule has 2 amide bonds. The third kappa shape index (κ3) is 21.1. The first-order chi connectivity index (χ1) is 27.1. The summed E-state index contributed by atoms with van der Waals surface area (Å²) in [5, 5.41) is 5.85. The van der Waals surface area contributed by atoms with Gasteiger partial charge >= 0.3 is 11.9 Å². The van der Waals surface area contributed by atoms with E-state index in [1.807, 2.05) is 36.4 Å². The summed E-state index contributed by atoms with van der Waals surface area (Å²) in [4.78, 5) is 52.9. The lowest BCUT2D eigenvalue weighted by molar-refractivity contribution is -0.941. The largest absolute Gasteiger partial charge is 0.426 e. The first-order valence-corrected chi connectivity index (χ1v) is 21.9. The van der Waals surface area contributed by atoms with Crippen LogP contribution < -0.4 is 25.0 Å². The summed E-state index contributed by atoms with van der Waals surface area (Å²) in [6.45, 7) is 36.9. The fourth-order valence-electron chi connectivity index (χ4n) is 7.17. The zero-order valence-electron chi connectivity index (χ0n) is 40.0. The highest BCUT2D eigenvalue weighted by molar-refractivity contribution is 5.86. The number of para-hydroxylation sites is 2. The van der Waals surface area contributed by atoms with Gasteiger partial charge in [-0.1, -0.05) is 91.8 Å². The van der Waals surface area contributed by atoms with Crippen molar-refractivity contribution in [3.05, 3.63) is 58.7 Å². The van der Waals surface area contributed by atoms with Crippen LogP contribution in [0.1, 0.15) is 182 Å². The van der Waals surface area contributed by atoms with Crippen molar-refractivity contribution in [2.24, 2.45) is 0 Å². The fraction of sp³-hybridized carbons (Fsp3) is 0.667. The molecule has 344 valence electrons. The van der Waals surface area contributed by atoms with Gasteiger partial charge in [-0.15, -0.1) is 24.8 Å². The van der Waals surface area contributed by atoms with E-state index in [0.29, 0.717) is 48.8 Å². The van der Waals surface area contributed by atoms with Gasteiger partial charge in [0.2, 0.25) is 11.8 Å². The number of amides is 2. The quantitative estimate of drug-likeness (QED) is 0.0798. The molecular weight excluding hydrogens is 799 g/mol. The molecule has 0 fully saturated rings. The number of nitrogens with zero attached hydrogens (tertiary/aromatic N) is 1. The molecule has 0 spiro atoms. The number of ether oxygens (including phenoxy) is 2. The molecule has 0 atom stereocenters. The highest BCUT2D eigenvalue weighted by Crippen LogP contribution is 2.36. The highest BCUT2D eigenvalue weighted by atomic mass is 35.5. The van der Waals surface area contributed by atoms with Crippen molar-refractivity contribution in [2.45, 2.75) is 184 Å². The van der Waals surface area contributed by atoms with Crippen LogP contribution in [0.2, 0.25) is 0 Å². The predicted octanol–water partition coefficient (Wildman–Crippen LogP) is 9.13. The maximum atomic E-state index is 12.4. The second-order valence-corrected chi connectivity index (χ2v) is 17.9. The molecule has 0 aliphatic rings. The zero-order valence-corrected chi connectivity index (χ0v) is 41.6. The molecule has 0 unspecified atom stereocenters. The van der Waals surface area contributed by atoms with Crippen LogP contribution in [0.3, 0.4) is 0 Å². The van der Waals surface area contributed by atoms with Gasteiger partial charge in [-0.3, -0.25) is 24.1 Å². The van der Waals surface area contributed by atoms with Crippen LogP contribution in [-0.4, -0.2) is 79.0 Å². The third-order valence-electron chi connectivity index (χ3n) is 10.4. The smallest absolute Gasteiger partial charge is 0.311 e. The Morgan fingerprint density at radius 1 is 0.517 bits per heavy atom. The van der Waals surface area contributed by atoms with Crippen LogP contribution in [0.15, 0.2) is 36.4 Å². The molecule has 0 aliphatic carbocycles. The Kier molecular flexibility index (Phi) is 29.4. The molecule has 60 heavy (non-hydrogen) atoms. The minimum Gasteiger partial charge on any atom is -0.426 e. The van der Waals surface area contributed by atoms with E-state index in [2.05, 4.69) is 126 Å². The Labute approximate surface area is 376 Å². The van der Waals surface area contributed by atoms with Crippen molar-refractivity contribution < 1.29 is 33.6 Å². The van der Waals surface area contributed by atoms with Crippen molar-refractivity contribution in [3.8, 4) is 11.5 Å². The average Bonchev–Trinajstić information content (AvgIpc) is 3.12. The molecular formula is C48H83Cl2N4O6+. The number of carbonyl (C=O) groups is 4. The van der Waals surface area contributed by atoms with Gasteiger partial charge in [-0.2, -0.15) is 0 Å². The molecule has 0 saturated heterocycles. The van der Waals surface area contributed by atoms with E-state index in [9.17, 15) is 19.2 Å².